The first-order chi connectivity index (χ1) is 7.78. The topological polar surface area (TPSA) is 55.0 Å². The first kappa shape index (κ1) is 10.8. The van der Waals surface area contributed by atoms with E-state index < -0.39 is 0 Å². The number of nitrogens with one attached hydrogen (secondary N) is 1. The van der Waals surface area contributed by atoms with Gasteiger partial charge in [0.1, 0.15) is 5.75 Å². The van der Waals surface area contributed by atoms with Crippen LogP contribution in [0.25, 0.3) is 0 Å². The fraction of sp³-hybridized carbons (Fsp3) is 0.0909. The summed E-state index contributed by atoms with van der Waals surface area (Å²) in [6.07, 6.45) is 4.89. The van der Waals surface area contributed by atoms with Crippen molar-refractivity contribution in [1.29, 1.82) is 0 Å². The quantitative estimate of drug-likeness (QED) is 0.828. The van der Waals surface area contributed by atoms with Gasteiger partial charge in [-0.1, -0.05) is 0 Å². The van der Waals surface area contributed by atoms with Crippen LogP contribution in [0.15, 0.2) is 46.3 Å². The molecule has 0 saturated heterocycles. The van der Waals surface area contributed by atoms with E-state index in [0.717, 1.165) is 0 Å². The molecule has 1 N–H and O–H groups in total. The highest BCUT2D eigenvalue weighted by Crippen LogP contribution is 2.22. The normalized spacial score (nSPS) is 10.1. The maximum Gasteiger partial charge on any atom is 0.345 e. The second-order valence-corrected chi connectivity index (χ2v) is 3.91. The van der Waals surface area contributed by atoms with Gasteiger partial charge in [0, 0.05) is 4.90 Å². The summed E-state index contributed by atoms with van der Waals surface area (Å²) >= 11 is 1.67. The van der Waals surface area contributed by atoms with Crippen molar-refractivity contribution in [3.05, 3.63) is 47.1 Å². The number of aromatic nitrogens is 2. The molecule has 16 heavy (non-hydrogen) atoms. The van der Waals surface area contributed by atoms with Gasteiger partial charge in [0.2, 0.25) is 0 Å². The van der Waals surface area contributed by atoms with Gasteiger partial charge in [-0.3, -0.25) is 0 Å². The van der Waals surface area contributed by atoms with E-state index in [-0.39, 0.29) is 5.69 Å². The molecule has 0 amide bonds. The van der Waals surface area contributed by atoms with Gasteiger partial charge < -0.3 is 9.72 Å². The van der Waals surface area contributed by atoms with E-state index in [1.807, 2.05) is 30.5 Å². The molecule has 1 aromatic carbocycles. The van der Waals surface area contributed by atoms with Gasteiger partial charge in [-0.25, -0.2) is 4.79 Å². The summed E-state index contributed by atoms with van der Waals surface area (Å²) in [5.41, 5.74) is -0.384. The molecule has 1 heterocycles. The molecule has 0 atom stereocenters. The molecule has 0 aliphatic rings. The number of benzene rings is 1. The number of nitrogens with zero attached hydrogens (tertiary/aromatic N) is 1. The molecule has 1 aromatic heterocycles. The SMILES string of the molecule is CSc1ccc(Oc2cnc(=O)[nH]c2)cc1. The molecular formula is C11H10N2O2S. The highest BCUT2D eigenvalue weighted by molar-refractivity contribution is 7.98. The minimum atomic E-state index is -0.384. The molecule has 4 nitrogen and oxygen atoms in total. The van der Waals surface area contributed by atoms with Crippen LogP contribution in [-0.2, 0) is 0 Å². The van der Waals surface area contributed by atoms with E-state index in [9.17, 15) is 4.79 Å². The van der Waals surface area contributed by atoms with Gasteiger partial charge >= 0.3 is 5.69 Å². The fourth-order valence-electron chi connectivity index (χ4n) is 1.17. The van der Waals surface area contributed by atoms with Crippen LogP contribution in [0.3, 0.4) is 0 Å². The third-order valence-corrected chi connectivity index (χ3v) is 2.69. The maximum absolute atomic E-state index is 10.7. The van der Waals surface area contributed by atoms with Crippen molar-refractivity contribution in [2.45, 2.75) is 4.90 Å². The largest absolute Gasteiger partial charge is 0.454 e. The Morgan fingerprint density at radius 3 is 2.56 bits per heavy atom. The summed E-state index contributed by atoms with van der Waals surface area (Å²) in [7, 11) is 0. The van der Waals surface area contributed by atoms with E-state index in [1.54, 1.807) is 11.8 Å². The van der Waals surface area contributed by atoms with Crippen LogP contribution in [0.4, 0.5) is 0 Å². The zero-order chi connectivity index (χ0) is 11.4. The number of thioether (sulfide) groups is 1. The summed E-state index contributed by atoms with van der Waals surface area (Å²) < 4.78 is 5.49. The molecule has 0 radical (unpaired) electrons. The molecule has 0 fully saturated rings. The number of aromatic amines is 1. The van der Waals surface area contributed by atoms with E-state index in [0.29, 0.717) is 11.5 Å². The summed E-state index contributed by atoms with van der Waals surface area (Å²) in [5, 5.41) is 0. The van der Waals surface area contributed by atoms with Crippen molar-refractivity contribution < 1.29 is 4.74 Å². The molecule has 2 aromatic rings. The van der Waals surface area contributed by atoms with Crippen molar-refractivity contribution >= 4 is 11.8 Å². The smallest absolute Gasteiger partial charge is 0.345 e. The zero-order valence-corrected chi connectivity index (χ0v) is 9.45. The molecular weight excluding hydrogens is 224 g/mol. The third-order valence-electron chi connectivity index (χ3n) is 1.94. The van der Waals surface area contributed by atoms with Crippen LogP contribution in [-0.4, -0.2) is 16.2 Å². The molecule has 5 heteroatoms. The van der Waals surface area contributed by atoms with Gasteiger partial charge in [0.05, 0.1) is 12.4 Å². The zero-order valence-electron chi connectivity index (χ0n) is 8.64. The van der Waals surface area contributed by atoms with Crippen molar-refractivity contribution in [3.63, 3.8) is 0 Å². The van der Waals surface area contributed by atoms with Crippen molar-refractivity contribution in [2.24, 2.45) is 0 Å². The Kier molecular flexibility index (Phi) is 3.26. The van der Waals surface area contributed by atoms with E-state index in [2.05, 4.69) is 9.97 Å². The van der Waals surface area contributed by atoms with E-state index >= 15 is 0 Å². The molecule has 0 spiro atoms. The van der Waals surface area contributed by atoms with Crippen LogP contribution in [0, 0.1) is 0 Å². The second-order valence-electron chi connectivity index (χ2n) is 3.03. The van der Waals surface area contributed by atoms with E-state index in [4.69, 9.17) is 4.74 Å². The van der Waals surface area contributed by atoms with Crippen molar-refractivity contribution in [2.75, 3.05) is 6.26 Å². The average Bonchev–Trinajstić information content (AvgIpc) is 2.33. The van der Waals surface area contributed by atoms with Crippen molar-refractivity contribution in [1.82, 2.24) is 9.97 Å². The van der Waals surface area contributed by atoms with Crippen LogP contribution in [0.5, 0.6) is 11.5 Å². The van der Waals surface area contributed by atoms with Crippen LogP contribution in [0.1, 0.15) is 0 Å². The molecule has 0 bridgehead atoms. The van der Waals surface area contributed by atoms with Gasteiger partial charge in [-0.2, -0.15) is 4.98 Å². The standard InChI is InChI=1S/C11H10N2O2S/c1-16-10-4-2-8(3-5-10)15-9-6-12-11(14)13-7-9/h2-7H,1H3,(H,12,13,14). The number of hydrogen-bond acceptors (Lipinski definition) is 4. The lowest BCUT2D eigenvalue weighted by molar-refractivity contribution is 0.476. The maximum atomic E-state index is 10.7. The summed E-state index contributed by atoms with van der Waals surface area (Å²) in [5.74, 6) is 1.23. The fourth-order valence-corrected chi connectivity index (χ4v) is 1.57. The molecule has 82 valence electrons. The average molecular weight is 234 g/mol. The molecule has 0 aliphatic heterocycles. The van der Waals surface area contributed by atoms with Gasteiger partial charge in [0.25, 0.3) is 0 Å². The molecule has 0 unspecified atom stereocenters. The number of H-pyrrole nitrogens is 1. The Morgan fingerprint density at radius 2 is 2.00 bits per heavy atom. The second kappa shape index (κ2) is 4.85. The molecule has 0 saturated carbocycles. The van der Waals surface area contributed by atoms with Crippen LogP contribution < -0.4 is 10.4 Å². The number of rotatable bonds is 3. The first-order valence-electron chi connectivity index (χ1n) is 4.64. The summed E-state index contributed by atoms with van der Waals surface area (Å²) in [6, 6.07) is 7.69. The highest BCUT2D eigenvalue weighted by atomic mass is 32.2. The number of ether oxygens (including phenoxy) is 1. The lowest BCUT2D eigenvalue weighted by Gasteiger charge is -2.04. The van der Waals surface area contributed by atoms with Gasteiger partial charge in [0.15, 0.2) is 5.75 Å². The van der Waals surface area contributed by atoms with E-state index in [1.165, 1.54) is 17.3 Å². The minimum absolute atomic E-state index is 0.384. The third kappa shape index (κ3) is 2.64. The predicted octanol–water partition coefficient (Wildman–Crippen LogP) is 2.28. The van der Waals surface area contributed by atoms with Crippen molar-refractivity contribution in [3.8, 4) is 11.5 Å². The first-order valence-corrected chi connectivity index (χ1v) is 5.87. The Bertz CT molecular complexity index is 502. The lowest BCUT2D eigenvalue weighted by Crippen LogP contribution is -2.07. The summed E-state index contributed by atoms with van der Waals surface area (Å²) in [4.78, 5) is 17.9. The molecule has 0 aliphatic carbocycles. The van der Waals surface area contributed by atoms with Gasteiger partial charge in [-0.05, 0) is 30.5 Å². The highest BCUT2D eigenvalue weighted by Gasteiger charge is 1.97. The molecule has 2 rings (SSSR count). The predicted molar refractivity (Wildman–Crippen MR) is 63.2 cm³/mol. The van der Waals surface area contributed by atoms with Crippen LogP contribution >= 0.6 is 11.8 Å². The van der Waals surface area contributed by atoms with Crippen LogP contribution in [0.2, 0.25) is 0 Å². The Balaban J connectivity index is 2.14. The lowest BCUT2D eigenvalue weighted by atomic mass is 10.3. The summed E-state index contributed by atoms with van der Waals surface area (Å²) in [6.45, 7) is 0. The number of hydrogen-bond donors (Lipinski definition) is 1. The van der Waals surface area contributed by atoms with Gasteiger partial charge in [-0.15, -0.1) is 11.8 Å². The Morgan fingerprint density at radius 1 is 1.25 bits per heavy atom. The Labute approximate surface area is 96.7 Å². The minimum Gasteiger partial charge on any atom is -0.454 e. The Hall–Kier alpha value is -1.75. The monoisotopic (exact) mass is 234 g/mol.